The topological polar surface area (TPSA) is 86.3 Å². The molecule has 0 atom stereocenters. The highest BCUT2D eigenvalue weighted by atomic mass is 32.2. The molecule has 116 valence electrons. The number of aromatic nitrogens is 2. The Morgan fingerprint density at radius 2 is 2.00 bits per heavy atom. The molecule has 0 aromatic carbocycles. The van der Waals surface area contributed by atoms with Crippen molar-refractivity contribution in [1.29, 1.82) is 0 Å². The number of hydrogen-bond acceptors (Lipinski definition) is 5. The Bertz CT molecular complexity index is 551. The van der Waals surface area contributed by atoms with Crippen LogP contribution >= 0.6 is 11.8 Å². The first-order valence-electron chi connectivity index (χ1n) is 7.34. The van der Waals surface area contributed by atoms with Crippen LogP contribution in [0, 0.1) is 0 Å². The van der Waals surface area contributed by atoms with E-state index in [0.717, 1.165) is 37.7 Å². The Kier molecular flexibility index (Phi) is 5.67. The van der Waals surface area contributed by atoms with Crippen LogP contribution < -0.4 is 5.56 Å². The van der Waals surface area contributed by atoms with Crippen molar-refractivity contribution < 1.29 is 9.90 Å². The van der Waals surface area contributed by atoms with Gasteiger partial charge in [-0.05, 0) is 19.3 Å². The zero-order chi connectivity index (χ0) is 15.2. The Morgan fingerprint density at radius 1 is 1.33 bits per heavy atom. The van der Waals surface area contributed by atoms with Gasteiger partial charge in [0.1, 0.15) is 0 Å². The van der Waals surface area contributed by atoms with Gasteiger partial charge >= 0.3 is 0 Å². The Morgan fingerprint density at radius 3 is 2.57 bits per heavy atom. The molecule has 1 saturated heterocycles. The molecular weight excluding hydrogens is 290 g/mol. The van der Waals surface area contributed by atoms with Gasteiger partial charge < -0.3 is 15.0 Å². The number of nitrogens with zero attached hydrogens (tertiary/aromatic N) is 2. The average molecular weight is 311 g/mol. The number of rotatable bonds is 4. The number of thioether (sulfide) groups is 1. The maximum absolute atomic E-state index is 12.1. The highest BCUT2D eigenvalue weighted by Gasteiger charge is 2.17. The average Bonchev–Trinajstić information content (AvgIpc) is 2.73. The fourth-order valence-electron chi connectivity index (χ4n) is 2.39. The van der Waals surface area contributed by atoms with E-state index in [9.17, 15) is 14.7 Å². The highest BCUT2D eigenvalue weighted by Crippen LogP contribution is 2.18. The second kappa shape index (κ2) is 7.49. The molecular formula is C14H21N3O3S. The molecule has 2 N–H and O–H groups in total. The predicted molar refractivity (Wildman–Crippen MR) is 81.7 cm³/mol. The van der Waals surface area contributed by atoms with Gasteiger partial charge in [-0.15, -0.1) is 0 Å². The smallest absolute Gasteiger partial charge is 0.258 e. The third kappa shape index (κ3) is 4.23. The summed E-state index contributed by atoms with van der Waals surface area (Å²) >= 11 is 1.16. The SMILES string of the molecule is CCc1c(O)nc(SCC(=O)N2CCCCCC2)[nH]c1=O. The maximum atomic E-state index is 12.1. The van der Waals surface area contributed by atoms with Crippen molar-refractivity contribution in [2.75, 3.05) is 18.8 Å². The molecule has 1 aliphatic rings. The first-order valence-corrected chi connectivity index (χ1v) is 8.33. The summed E-state index contributed by atoms with van der Waals surface area (Å²) in [7, 11) is 0. The molecule has 0 unspecified atom stereocenters. The summed E-state index contributed by atoms with van der Waals surface area (Å²) in [5.74, 6) is 0.0444. The molecule has 0 bridgehead atoms. The normalized spacial score (nSPS) is 15.8. The van der Waals surface area contributed by atoms with Gasteiger partial charge in [-0.3, -0.25) is 9.59 Å². The van der Waals surface area contributed by atoms with E-state index < -0.39 is 0 Å². The third-order valence-electron chi connectivity index (χ3n) is 3.62. The van der Waals surface area contributed by atoms with Crippen molar-refractivity contribution in [3.05, 3.63) is 15.9 Å². The number of aromatic hydroxyl groups is 1. The lowest BCUT2D eigenvalue weighted by Gasteiger charge is -2.19. The minimum atomic E-state index is -0.338. The molecule has 1 aliphatic heterocycles. The van der Waals surface area contributed by atoms with Crippen LogP contribution in [0.25, 0.3) is 0 Å². The van der Waals surface area contributed by atoms with Crippen molar-refractivity contribution in [2.24, 2.45) is 0 Å². The molecule has 1 fully saturated rings. The molecule has 0 saturated carbocycles. The van der Waals surface area contributed by atoms with Gasteiger partial charge in [-0.2, -0.15) is 4.98 Å². The molecule has 0 aliphatic carbocycles. The number of likely N-dealkylation sites (tertiary alicyclic amines) is 1. The van der Waals surface area contributed by atoms with Crippen LogP contribution in [0.2, 0.25) is 0 Å². The van der Waals surface area contributed by atoms with Crippen LogP contribution in [0.15, 0.2) is 9.95 Å². The number of carbonyl (C=O) groups excluding carboxylic acids is 1. The Labute approximate surface area is 128 Å². The van der Waals surface area contributed by atoms with E-state index in [1.165, 1.54) is 12.8 Å². The van der Waals surface area contributed by atoms with E-state index in [1.807, 2.05) is 4.90 Å². The van der Waals surface area contributed by atoms with Crippen LogP contribution in [-0.4, -0.2) is 44.7 Å². The molecule has 6 nitrogen and oxygen atoms in total. The summed E-state index contributed by atoms with van der Waals surface area (Å²) in [6, 6.07) is 0. The van der Waals surface area contributed by atoms with Gasteiger partial charge in [0.2, 0.25) is 11.8 Å². The van der Waals surface area contributed by atoms with E-state index in [0.29, 0.717) is 6.42 Å². The summed E-state index contributed by atoms with van der Waals surface area (Å²) in [6.07, 6.45) is 4.89. The minimum Gasteiger partial charge on any atom is -0.493 e. The van der Waals surface area contributed by atoms with Crippen LogP contribution in [0.4, 0.5) is 0 Å². The lowest BCUT2D eigenvalue weighted by molar-refractivity contribution is -0.128. The summed E-state index contributed by atoms with van der Waals surface area (Å²) in [5, 5.41) is 9.97. The van der Waals surface area contributed by atoms with E-state index in [4.69, 9.17) is 0 Å². The van der Waals surface area contributed by atoms with Gasteiger partial charge in [0, 0.05) is 13.1 Å². The standard InChI is InChI=1S/C14H21N3O3S/c1-2-10-12(19)15-14(16-13(10)20)21-9-11(18)17-7-5-3-4-6-8-17/h2-9H2,1H3,(H2,15,16,19,20). The Balaban J connectivity index is 1.96. The highest BCUT2D eigenvalue weighted by molar-refractivity contribution is 7.99. The first-order chi connectivity index (χ1) is 10.1. The quantitative estimate of drug-likeness (QED) is 0.650. The van der Waals surface area contributed by atoms with Crippen LogP contribution in [0.5, 0.6) is 5.88 Å². The van der Waals surface area contributed by atoms with Gasteiger partial charge in [-0.25, -0.2) is 0 Å². The number of hydrogen-bond donors (Lipinski definition) is 2. The summed E-state index contributed by atoms with van der Waals surface area (Å²) in [5.41, 5.74) is -0.0621. The van der Waals surface area contributed by atoms with Gasteiger partial charge in [0.05, 0.1) is 11.3 Å². The largest absolute Gasteiger partial charge is 0.493 e. The molecule has 1 amide bonds. The fourth-order valence-corrected chi connectivity index (χ4v) is 3.15. The van der Waals surface area contributed by atoms with E-state index in [-0.39, 0.29) is 33.8 Å². The minimum absolute atomic E-state index is 0.0589. The van der Waals surface area contributed by atoms with Gasteiger partial charge in [-0.1, -0.05) is 31.5 Å². The zero-order valence-electron chi connectivity index (χ0n) is 12.2. The molecule has 1 aromatic heterocycles. The molecule has 0 radical (unpaired) electrons. The summed E-state index contributed by atoms with van der Waals surface area (Å²) in [6.45, 7) is 3.40. The van der Waals surface area contributed by atoms with E-state index >= 15 is 0 Å². The lowest BCUT2D eigenvalue weighted by atomic mass is 10.2. The zero-order valence-corrected chi connectivity index (χ0v) is 13.0. The summed E-state index contributed by atoms with van der Waals surface area (Å²) < 4.78 is 0. The van der Waals surface area contributed by atoms with Crippen LogP contribution in [-0.2, 0) is 11.2 Å². The van der Waals surface area contributed by atoms with Crippen LogP contribution in [0.3, 0.4) is 0 Å². The fraction of sp³-hybridized carbons (Fsp3) is 0.643. The molecule has 21 heavy (non-hydrogen) atoms. The third-order valence-corrected chi connectivity index (χ3v) is 4.47. The number of carbonyl (C=O) groups is 1. The second-order valence-corrected chi connectivity index (χ2v) is 6.07. The number of nitrogens with one attached hydrogen (secondary N) is 1. The summed E-state index contributed by atoms with van der Waals surface area (Å²) in [4.78, 5) is 32.3. The van der Waals surface area contributed by atoms with Crippen LogP contribution in [0.1, 0.15) is 38.2 Å². The monoisotopic (exact) mass is 311 g/mol. The lowest BCUT2D eigenvalue weighted by Crippen LogP contribution is -2.33. The Hall–Kier alpha value is -1.50. The molecule has 7 heteroatoms. The number of H-pyrrole nitrogens is 1. The number of amides is 1. The van der Waals surface area contributed by atoms with Gasteiger partial charge in [0.15, 0.2) is 5.16 Å². The molecule has 2 rings (SSSR count). The van der Waals surface area contributed by atoms with Crippen molar-refractivity contribution in [1.82, 2.24) is 14.9 Å². The molecule has 1 aromatic rings. The maximum Gasteiger partial charge on any atom is 0.258 e. The van der Waals surface area contributed by atoms with Crippen molar-refractivity contribution in [3.8, 4) is 5.88 Å². The van der Waals surface area contributed by atoms with Crippen molar-refractivity contribution in [3.63, 3.8) is 0 Å². The van der Waals surface area contributed by atoms with Crippen molar-refractivity contribution >= 4 is 17.7 Å². The van der Waals surface area contributed by atoms with Crippen molar-refractivity contribution in [2.45, 2.75) is 44.2 Å². The van der Waals surface area contributed by atoms with E-state index in [1.54, 1.807) is 6.92 Å². The number of aromatic amines is 1. The van der Waals surface area contributed by atoms with E-state index in [2.05, 4.69) is 9.97 Å². The molecule has 2 heterocycles. The molecule has 0 spiro atoms. The second-order valence-electron chi connectivity index (χ2n) is 5.11. The van der Waals surface area contributed by atoms with Gasteiger partial charge in [0.25, 0.3) is 5.56 Å². The predicted octanol–water partition coefficient (Wildman–Crippen LogP) is 1.53. The first kappa shape index (κ1) is 15.9.